The molecule has 2 N–H and O–H groups in total. The van der Waals surface area contributed by atoms with Crippen LogP contribution < -0.4 is 10.1 Å². The second-order valence-corrected chi connectivity index (χ2v) is 8.45. The molecule has 176 valence electrons. The second kappa shape index (κ2) is 8.18. The van der Waals surface area contributed by atoms with Crippen LogP contribution in [0.2, 0.25) is 0 Å². The number of aromatic amines is 1. The van der Waals surface area contributed by atoms with Crippen molar-refractivity contribution < 1.29 is 31.4 Å². The summed E-state index contributed by atoms with van der Waals surface area (Å²) in [5.74, 6) is -0.786. The molecule has 0 bridgehead atoms. The summed E-state index contributed by atoms with van der Waals surface area (Å²) in [6, 6.07) is 6.64. The van der Waals surface area contributed by atoms with E-state index in [4.69, 9.17) is 9.47 Å². The number of H-pyrrole nitrogens is 1. The molecule has 10 heteroatoms. The Labute approximate surface area is 186 Å². The highest BCUT2D eigenvalue weighted by Gasteiger charge is 2.38. The third-order valence-corrected chi connectivity index (χ3v) is 6.17. The first kappa shape index (κ1) is 22.0. The summed E-state index contributed by atoms with van der Waals surface area (Å²) in [6.45, 7) is 3.98. The van der Waals surface area contributed by atoms with Crippen LogP contribution in [0.15, 0.2) is 36.4 Å². The number of aromatic nitrogens is 1. The second-order valence-electron chi connectivity index (χ2n) is 8.45. The van der Waals surface area contributed by atoms with Crippen molar-refractivity contribution in [2.45, 2.75) is 31.3 Å². The van der Waals surface area contributed by atoms with Crippen LogP contribution in [0.1, 0.15) is 24.2 Å². The van der Waals surface area contributed by atoms with Crippen molar-refractivity contribution in [1.29, 1.82) is 0 Å². The predicted molar refractivity (Wildman–Crippen MR) is 112 cm³/mol. The average molecular weight is 467 g/mol. The highest BCUT2D eigenvalue weighted by atomic mass is 19.4. The normalized spacial score (nSPS) is 23.9. The fourth-order valence-electron chi connectivity index (χ4n) is 4.65. The van der Waals surface area contributed by atoms with Crippen LogP contribution in [-0.4, -0.2) is 48.3 Å². The van der Waals surface area contributed by atoms with Crippen molar-refractivity contribution in [1.82, 2.24) is 9.88 Å². The maximum Gasteiger partial charge on any atom is 0.431 e. The van der Waals surface area contributed by atoms with E-state index in [2.05, 4.69) is 15.2 Å². The topological polar surface area (TPSA) is 49.5 Å². The van der Waals surface area contributed by atoms with Gasteiger partial charge in [0.25, 0.3) is 0 Å². The van der Waals surface area contributed by atoms with Gasteiger partial charge in [0.15, 0.2) is 0 Å². The fraction of sp³-hybridized carbons (Fsp3) is 0.391. The van der Waals surface area contributed by atoms with Gasteiger partial charge >= 0.3 is 6.18 Å². The quantitative estimate of drug-likeness (QED) is 0.527. The minimum absolute atomic E-state index is 0.00564. The van der Waals surface area contributed by atoms with E-state index >= 15 is 0 Å². The van der Waals surface area contributed by atoms with Crippen LogP contribution in [0, 0.1) is 11.6 Å². The molecule has 3 atom stereocenters. The smallest absolute Gasteiger partial charge is 0.431 e. The summed E-state index contributed by atoms with van der Waals surface area (Å²) in [4.78, 5) is 4.43. The Balaban J connectivity index is 1.58. The molecule has 3 heterocycles. The summed E-state index contributed by atoms with van der Waals surface area (Å²) >= 11 is 0. The molecule has 0 unspecified atom stereocenters. The Morgan fingerprint density at radius 1 is 1.09 bits per heavy atom. The Morgan fingerprint density at radius 2 is 1.91 bits per heavy atom. The van der Waals surface area contributed by atoms with Crippen molar-refractivity contribution >= 4 is 16.6 Å². The Morgan fingerprint density at radius 3 is 2.67 bits per heavy atom. The predicted octanol–water partition coefficient (Wildman–Crippen LogP) is 5.10. The molecule has 1 saturated heterocycles. The lowest BCUT2D eigenvalue weighted by molar-refractivity contribution is -0.140. The van der Waals surface area contributed by atoms with Crippen LogP contribution in [0.5, 0.6) is 5.75 Å². The maximum atomic E-state index is 14.4. The molecule has 1 fully saturated rings. The van der Waals surface area contributed by atoms with Crippen LogP contribution >= 0.6 is 0 Å². The van der Waals surface area contributed by atoms with Gasteiger partial charge in [-0.3, -0.25) is 4.90 Å². The molecule has 33 heavy (non-hydrogen) atoms. The van der Waals surface area contributed by atoms with Gasteiger partial charge in [-0.05, 0) is 31.2 Å². The summed E-state index contributed by atoms with van der Waals surface area (Å²) in [7, 11) is 0. The number of halogens is 5. The zero-order valence-electron chi connectivity index (χ0n) is 17.7. The lowest BCUT2D eigenvalue weighted by Crippen LogP contribution is -2.54. The van der Waals surface area contributed by atoms with Gasteiger partial charge in [-0.2, -0.15) is 13.2 Å². The Kier molecular flexibility index (Phi) is 5.44. The molecular formula is C23H22F5N3O2. The minimum Gasteiger partial charge on any atom is -0.491 e. The highest BCUT2D eigenvalue weighted by molar-refractivity contribution is 5.93. The third-order valence-electron chi connectivity index (χ3n) is 6.17. The number of benzene rings is 2. The lowest BCUT2D eigenvalue weighted by Gasteiger charge is -2.44. The molecule has 0 aliphatic carbocycles. The number of hydrogen-bond acceptors (Lipinski definition) is 4. The molecular weight excluding hydrogens is 445 g/mol. The standard InChI is InChI=1S/C23H22F5N3O2/c1-12-10-31(4-5-32-12)19-11-33-20-8-13(24)2-3-15(20)22(19)30-18-7-14(25)6-17-16(18)9-21(29-17)23(26,27)28/h2-3,6-9,12,19,22,29-30H,4-5,10-11H2,1H3/t12-,19+,22+/m1/s1. The van der Waals surface area contributed by atoms with Gasteiger partial charge in [0.1, 0.15) is 29.7 Å². The van der Waals surface area contributed by atoms with E-state index in [1.54, 1.807) is 6.07 Å². The van der Waals surface area contributed by atoms with Crippen LogP contribution in [-0.2, 0) is 10.9 Å². The molecule has 1 aromatic heterocycles. The number of fused-ring (bicyclic) bond motifs is 2. The molecule has 2 aliphatic rings. The number of hydrogen-bond donors (Lipinski definition) is 2. The molecule has 0 radical (unpaired) electrons. The first-order valence-electron chi connectivity index (χ1n) is 10.6. The molecule has 0 spiro atoms. The largest absolute Gasteiger partial charge is 0.491 e. The Hall–Kier alpha value is -2.85. The van der Waals surface area contributed by atoms with Crippen molar-refractivity contribution in [3.8, 4) is 5.75 Å². The van der Waals surface area contributed by atoms with E-state index in [1.165, 1.54) is 18.2 Å². The van der Waals surface area contributed by atoms with E-state index in [9.17, 15) is 22.0 Å². The summed E-state index contributed by atoms with van der Waals surface area (Å²) < 4.78 is 79.5. The zero-order chi connectivity index (χ0) is 23.3. The van der Waals surface area contributed by atoms with Crippen molar-refractivity contribution in [2.75, 3.05) is 31.6 Å². The van der Waals surface area contributed by atoms with Gasteiger partial charge in [-0.1, -0.05) is 6.07 Å². The van der Waals surface area contributed by atoms with Crippen LogP contribution in [0.4, 0.5) is 27.6 Å². The fourth-order valence-corrected chi connectivity index (χ4v) is 4.65. The molecule has 0 amide bonds. The molecule has 2 aromatic carbocycles. The first-order chi connectivity index (χ1) is 15.7. The van der Waals surface area contributed by atoms with Gasteiger partial charge in [0, 0.05) is 35.8 Å². The van der Waals surface area contributed by atoms with Gasteiger partial charge in [0.2, 0.25) is 0 Å². The summed E-state index contributed by atoms with van der Waals surface area (Å²) in [6.07, 6.45) is -4.60. The van der Waals surface area contributed by atoms with Crippen LogP contribution in [0.3, 0.4) is 0 Å². The molecule has 2 aliphatic heterocycles. The van der Waals surface area contributed by atoms with Crippen molar-refractivity contribution in [3.05, 3.63) is 59.3 Å². The first-order valence-corrected chi connectivity index (χ1v) is 10.6. The number of nitrogens with zero attached hydrogens (tertiary/aromatic N) is 1. The molecule has 5 rings (SSSR count). The monoisotopic (exact) mass is 467 g/mol. The number of nitrogens with one attached hydrogen (secondary N) is 2. The van der Waals surface area contributed by atoms with Gasteiger partial charge in [-0.25, -0.2) is 8.78 Å². The van der Waals surface area contributed by atoms with Crippen LogP contribution in [0.25, 0.3) is 10.9 Å². The number of anilines is 1. The van der Waals surface area contributed by atoms with Crippen molar-refractivity contribution in [3.63, 3.8) is 0 Å². The van der Waals surface area contributed by atoms with Gasteiger partial charge < -0.3 is 19.8 Å². The zero-order valence-corrected chi connectivity index (χ0v) is 17.7. The van der Waals surface area contributed by atoms with Crippen molar-refractivity contribution in [2.24, 2.45) is 0 Å². The van der Waals surface area contributed by atoms with E-state index in [1.807, 2.05) is 6.92 Å². The number of rotatable bonds is 3. The highest BCUT2D eigenvalue weighted by Crippen LogP contribution is 2.40. The minimum atomic E-state index is -4.60. The van der Waals surface area contributed by atoms with Gasteiger partial charge in [-0.15, -0.1) is 0 Å². The van der Waals surface area contributed by atoms with E-state index < -0.39 is 29.5 Å². The van der Waals surface area contributed by atoms with Gasteiger partial charge in [0.05, 0.1) is 30.3 Å². The number of ether oxygens (including phenoxy) is 2. The molecule has 5 nitrogen and oxygen atoms in total. The number of morpholine rings is 1. The summed E-state index contributed by atoms with van der Waals surface area (Å²) in [5.41, 5.74) is -0.0621. The lowest BCUT2D eigenvalue weighted by atomic mass is 9.93. The van der Waals surface area contributed by atoms with E-state index in [-0.39, 0.29) is 35.3 Å². The SMILES string of the molecule is C[C@@H]1CN([C@H]2COc3cc(F)ccc3[C@@H]2Nc2cc(F)cc3[nH]c(C(F)(F)F)cc23)CCO1. The molecule has 3 aromatic rings. The average Bonchev–Trinajstić information content (AvgIpc) is 3.18. The summed E-state index contributed by atoms with van der Waals surface area (Å²) in [5, 5.41) is 3.47. The maximum absolute atomic E-state index is 14.4. The van der Waals surface area contributed by atoms with E-state index in [0.717, 1.165) is 12.1 Å². The Bertz CT molecular complexity index is 1180. The third kappa shape index (κ3) is 4.24. The van der Waals surface area contributed by atoms with E-state index in [0.29, 0.717) is 31.0 Å². The molecule has 0 saturated carbocycles. The number of alkyl halides is 3.